The molecule has 2 atom stereocenters. The van der Waals surface area contributed by atoms with Crippen molar-refractivity contribution >= 4 is 11.9 Å². The molecule has 0 aromatic rings. The first-order valence-corrected chi connectivity index (χ1v) is 9.50. The lowest BCUT2D eigenvalue weighted by Crippen LogP contribution is -2.37. The molecule has 0 saturated heterocycles. The van der Waals surface area contributed by atoms with E-state index < -0.39 is 12.3 Å². The number of aliphatic hydroxyl groups is 3. The predicted molar refractivity (Wildman–Crippen MR) is 99.7 cm³/mol. The fraction of sp³-hybridized carbons (Fsp3) is 0.889. The maximum absolute atomic E-state index is 11.0. The molecule has 0 spiro atoms. The van der Waals surface area contributed by atoms with Gasteiger partial charge in [-0.3, -0.25) is 14.9 Å². The number of nitrogens with one attached hydrogen (secondary N) is 1. The highest BCUT2D eigenvalue weighted by Crippen LogP contribution is 1.95. The van der Waals surface area contributed by atoms with Crippen molar-refractivity contribution in [2.75, 3.05) is 33.2 Å². The topological polar surface area (TPSA) is 135 Å². The molecule has 0 amide bonds. The summed E-state index contributed by atoms with van der Waals surface area (Å²) in [6, 6.07) is 0. The lowest BCUT2D eigenvalue weighted by Gasteiger charge is -2.15. The Kier molecular flexibility index (Phi) is 21.8. The molecular weight excluding hydrogens is 358 g/mol. The first-order chi connectivity index (χ1) is 12.9. The quantitative estimate of drug-likeness (QED) is 0.179. The van der Waals surface area contributed by atoms with Crippen LogP contribution in [-0.2, 0) is 23.8 Å². The summed E-state index contributed by atoms with van der Waals surface area (Å²) in [4.78, 5) is 21.7. The Bertz CT molecular complexity index is 354. The van der Waals surface area contributed by atoms with Gasteiger partial charge < -0.3 is 29.5 Å². The van der Waals surface area contributed by atoms with Gasteiger partial charge in [-0.15, -0.1) is 0 Å². The molecule has 0 aromatic carbocycles. The molecule has 27 heavy (non-hydrogen) atoms. The van der Waals surface area contributed by atoms with Gasteiger partial charge in [-0.2, -0.15) is 0 Å². The molecule has 162 valence electrons. The normalized spacial score (nSPS) is 12.5. The summed E-state index contributed by atoms with van der Waals surface area (Å²) in [7, 11) is 0. The minimum Gasteiger partial charge on any atom is -0.463 e. The average Bonchev–Trinajstić information content (AvgIpc) is 2.63. The van der Waals surface area contributed by atoms with Crippen LogP contribution >= 0.6 is 0 Å². The van der Waals surface area contributed by atoms with Gasteiger partial charge in [-0.1, -0.05) is 27.2 Å². The largest absolute Gasteiger partial charge is 0.463 e. The van der Waals surface area contributed by atoms with Crippen LogP contribution in [-0.4, -0.2) is 72.7 Å². The average molecular weight is 395 g/mol. The van der Waals surface area contributed by atoms with Crippen LogP contribution in [0.4, 0.5) is 0 Å². The van der Waals surface area contributed by atoms with Crippen LogP contribution in [0.25, 0.3) is 0 Å². The van der Waals surface area contributed by atoms with E-state index in [1.807, 2.05) is 20.8 Å². The van der Waals surface area contributed by atoms with Crippen LogP contribution in [0.15, 0.2) is 0 Å². The second kappa shape index (κ2) is 21.0. The van der Waals surface area contributed by atoms with Gasteiger partial charge in [0.05, 0.1) is 6.61 Å². The molecule has 0 aliphatic carbocycles. The number of ether oxygens (including phenoxy) is 3. The number of hydrogen-bond donors (Lipinski definition) is 4. The summed E-state index contributed by atoms with van der Waals surface area (Å²) in [6.07, 6.45) is 2.48. The number of carbonyl (C=O) groups is 2. The number of hydrogen-bond acceptors (Lipinski definition) is 9. The van der Waals surface area contributed by atoms with Gasteiger partial charge >= 0.3 is 11.9 Å². The molecule has 0 heterocycles. The van der Waals surface area contributed by atoms with Crippen molar-refractivity contribution in [2.24, 2.45) is 0 Å². The molecule has 0 aromatic heterocycles. The number of carbonyl (C=O) groups excluding carboxylic acids is 2. The Hall–Kier alpha value is -1.26. The molecule has 0 saturated carbocycles. The van der Waals surface area contributed by atoms with Gasteiger partial charge in [0.1, 0.15) is 32.3 Å². The minimum atomic E-state index is -0.771. The first-order valence-electron chi connectivity index (χ1n) is 9.50. The van der Waals surface area contributed by atoms with Gasteiger partial charge in [0.15, 0.2) is 0 Å². The number of aliphatic hydroxyl groups excluding tert-OH is 3. The monoisotopic (exact) mass is 395 g/mol. The van der Waals surface area contributed by atoms with Crippen LogP contribution in [0.2, 0.25) is 0 Å². The Morgan fingerprint density at radius 2 is 1.52 bits per heavy atom. The molecule has 0 radical (unpaired) electrons. The third-order valence-electron chi connectivity index (χ3n) is 3.08. The zero-order valence-corrected chi connectivity index (χ0v) is 16.8. The Morgan fingerprint density at radius 3 is 2.04 bits per heavy atom. The van der Waals surface area contributed by atoms with E-state index in [9.17, 15) is 19.8 Å². The number of esters is 2. The van der Waals surface area contributed by atoms with E-state index in [-0.39, 0.29) is 45.1 Å². The smallest absolute Gasteiger partial charge is 0.305 e. The Labute approximate surface area is 162 Å². The van der Waals surface area contributed by atoms with Crippen molar-refractivity contribution in [3.63, 3.8) is 0 Å². The first kappa shape index (κ1) is 28.0. The van der Waals surface area contributed by atoms with Crippen LogP contribution in [0.5, 0.6) is 0 Å². The van der Waals surface area contributed by atoms with Gasteiger partial charge in [0, 0.05) is 19.4 Å². The van der Waals surface area contributed by atoms with Gasteiger partial charge in [-0.05, 0) is 19.3 Å². The molecule has 9 nitrogen and oxygen atoms in total. The van der Waals surface area contributed by atoms with Crippen molar-refractivity contribution in [3.05, 3.63) is 0 Å². The minimum absolute atomic E-state index is 0.0231. The lowest BCUT2D eigenvalue weighted by atomic mass is 10.3. The fourth-order valence-corrected chi connectivity index (χ4v) is 1.73. The van der Waals surface area contributed by atoms with Crippen molar-refractivity contribution in [1.29, 1.82) is 0 Å². The summed E-state index contributed by atoms with van der Waals surface area (Å²) < 4.78 is 14.1. The maximum atomic E-state index is 11.0. The second-order valence-electron chi connectivity index (χ2n) is 5.81. The Balaban J connectivity index is 0. The molecule has 4 N–H and O–H groups in total. The van der Waals surface area contributed by atoms with Gasteiger partial charge in [0.25, 0.3) is 0 Å². The van der Waals surface area contributed by atoms with E-state index in [0.717, 1.165) is 19.3 Å². The molecule has 0 rings (SSSR count). The van der Waals surface area contributed by atoms with Crippen molar-refractivity contribution < 1.29 is 39.1 Å². The fourth-order valence-electron chi connectivity index (χ4n) is 1.73. The molecule has 1 unspecified atom stereocenters. The van der Waals surface area contributed by atoms with Crippen LogP contribution in [0, 0.1) is 0 Å². The van der Waals surface area contributed by atoms with Crippen LogP contribution < -0.4 is 5.32 Å². The third-order valence-corrected chi connectivity index (χ3v) is 3.08. The zero-order valence-electron chi connectivity index (χ0n) is 16.8. The highest BCUT2D eigenvalue weighted by atomic mass is 16.6. The molecule has 0 aliphatic heterocycles. The highest BCUT2D eigenvalue weighted by Gasteiger charge is 2.10. The summed E-state index contributed by atoms with van der Waals surface area (Å²) >= 11 is 0. The molecule has 0 aliphatic rings. The SMILES string of the molecule is CCCC(=O)OCCOCO.CCCC(=O)OC[C@H](O)CNC(O)CCC. The molecular formula is C18H37NO8. The number of rotatable bonds is 15. The third kappa shape index (κ3) is 22.7. The van der Waals surface area contributed by atoms with E-state index in [1.165, 1.54) is 0 Å². The highest BCUT2D eigenvalue weighted by molar-refractivity contribution is 5.69. The van der Waals surface area contributed by atoms with Gasteiger partial charge in [-0.25, -0.2) is 0 Å². The van der Waals surface area contributed by atoms with E-state index in [2.05, 4.69) is 10.1 Å². The second-order valence-corrected chi connectivity index (χ2v) is 5.81. The molecule has 0 fully saturated rings. The van der Waals surface area contributed by atoms with E-state index in [0.29, 0.717) is 19.3 Å². The Morgan fingerprint density at radius 1 is 0.926 bits per heavy atom. The van der Waals surface area contributed by atoms with E-state index >= 15 is 0 Å². The van der Waals surface area contributed by atoms with Crippen LogP contribution in [0.3, 0.4) is 0 Å². The summed E-state index contributed by atoms with van der Waals surface area (Å²) in [6.45, 7) is 6.11. The summed E-state index contributed by atoms with van der Waals surface area (Å²) in [5.74, 6) is -0.510. The van der Waals surface area contributed by atoms with Crippen molar-refractivity contribution in [3.8, 4) is 0 Å². The zero-order chi connectivity index (χ0) is 20.9. The van der Waals surface area contributed by atoms with Gasteiger partial charge in [0.2, 0.25) is 0 Å². The summed E-state index contributed by atoms with van der Waals surface area (Å²) in [5.41, 5.74) is 0. The predicted octanol–water partition coefficient (Wildman–Crippen LogP) is 0.695. The molecule has 0 bridgehead atoms. The van der Waals surface area contributed by atoms with Crippen molar-refractivity contribution in [1.82, 2.24) is 5.32 Å². The molecule has 9 heteroatoms. The van der Waals surface area contributed by atoms with Crippen LogP contribution in [0.1, 0.15) is 59.3 Å². The summed E-state index contributed by atoms with van der Waals surface area (Å²) in [5, 5.41) is 29.7. The van der Waals surface area contributed by atoms with E-state index in [1.54, 1.807) is 0 Å². The lowest BCUT2D eigenvalue weighted by molar-refractivity contribution is -0.147. The van der Waals surface area contributed by atoms with E-state index in [4.69, 9.17) is 14.6 Å². The maximum Gasteiger partial charge on any atom is 0.305 e. The standard InChI is InChI=1S/C11H23NO4.C7H14O4/c1-3-5-10(14)12-7-9(13)8-16-11(15)6-4-2;1-2-3-7(9)11-5-4-10-6-8/h9-10,12-14H,3-8H2,1-2H3;8H,2-6H2,1H3/t9-,10?;/m1./s1. The van der Waals surface area contributed by atoms with Crippen molar-refractivity contribution in [2.45, 2.75) is 71.6 Å².